The predicted octanol–water partition coefficient (Wildman–Crippen LogP) is 4.50. The molecule has 4 rings (SSSR count). The van der Waals surface area contributed by atoms with Crippen LogP contribution in [0.5, 0.6) is 0 Å². The van der Waals surface area contributed by atoms with Crippen LogP contribution in [0.2, 0.25) is 5.28 Å². The van der Waals surface area contributed by atoms with Crippen molar-refractivity contribution in [3.8, 4) is 0 Å². The van der Waals surface area contributed by atoms with Gasteiger partial charge in [0.2, 0.25) is 5.28 Å². The lowest BCUT2D eigenvalue weighted by Gasteiger charge is -2.33. The van der Waals surface area contributed by atoms with Gasteiger partial charge in [0.25, 0.3) is 0 Å². The molecular weight excluding hydrogens is 475 g/mol. The molecule has 0 radical (unpaired) electrons. The molecular formula is C21H29ClF3N7S. The van der Waals surface area contributed by atoms with Gasteiger partial charge in [0.1, 0.15) is 5.82 Å². The second-order valence-electron chi connectivity index (χ2n) is 7.69. The molecule has 0 unspecified atom stereocenters. The molecule has 0 atom stereocenters. The molecule has 0 bridgehead atoms. The average Bonchev–Trinajstić information content (AvgIpc) is 3.16. The molecule has 1 saturated heterocycles. The summed E-state index contributed by atoms with van der Waals surface area (Å²) in [6, 6.07) is 3.53. The monoisotopic (exact) mass is 503 g/mol. The molecule has 0 aliphatic carbocycles. The molecule has 33 heavy (non-hydrogen) atoms. The third-order valence-electron chi connectivity index (χ3n) is 5.22. The first kappa shape index (κ1) is 25.8. The minimum Gasteiger partial charge on any atom is -0.399 e. The highest BCUT2D eigenvalue weighted by atomic mass is 35.5. The van der Waals surface area contributed by atoms with Crippen molar-refractivity contribution in [1.29, 1.82) is 0 Å². The van der Waals surface area contributed by atoms with Crippen LogP contribution in [0.3, 0.4) is 0 Å². The van der Waals surface area contributed by atoms with Gasteiger partial charge in [-0.15, -0.1) is 0 Å². The molecule has 3 N–H and O–H groups in total. The molecule has 1 fully saturated rings. The van der Waals surface area contributed by atoms with Crippen molar-refractivity contribution in [1.82, 2.24) is 23.5 Å². The van der Waals surface area contributed by atoms with Crippen LogP contribution in [0.4, 0.5) is 24.7 Å². The maximum atomic E-state index is 13.1. The highest BCUT2D eigenvalue weighted by Gasteiger charge is 2.31. The van der Waals surface area contributed by atoms with Crippen molar-refractivity contribution in [3.63, 3.8) is 0 Å². The SMILES string of the molecule is CC.CN1CCN(SN2Cc3nc(Cl)nc(NCc4cc(N)cc(C(F)(F)F)c4)c3C2)CC1. The molecule has 12 heteroatoms. The molecule has 2 aromatic rings. The second-order valence-corrected chi connectivity index (χ2v) is 9.23. The number of alkyl halides is 3. The van der Waals surface area contributed by atoms with Gasteiger partial charge < -0.3 is 16.0 Å². The van der Waals surface area contributed by atoms with Gasteiger partial charge >= 0.3 is 6.18 Å². The zero-order chi connectivity index (χ0) is 24.2. The average molecular weight is 504 g/mol. The number of likely N-dealkylation sites (N-methyl/N-ethyl adjacent to an activating group) is 1. The van der Waals surface area contributed by atoms with Gasteiger partial charge in [-0.25, -0.2) is 18.6 Å². The molecule has 0 spiro atoms. The molecule has 3 heterocycles. The molecule has 2 aliphatic heterocycles. The van der Waals surface area contributed by atoms with Gasteiger partial charge in [-0.3, -0.25) is 0 Å². The van der Waals surface area contributed by atoms with Crippen LogP contribution < -0.4 is 11.1 Å². The first-order chi connectivity index (χ1) is 15.7. The quantitative estimate of drug-likeness (QED) is 0.351. The van der Waals surface area contributed by atoms with Crippen molar-refractivity contribution in [2.75, 3.05) is 44.3 Å². The number of nitrogens with one attached hydrogen (secondary N) is 1. The van der Waals surface area contributed by atoms with Gasteiger partial charge in [-0.05, 0) is 42.4 Å². The minimum atomic E-state index is -4.45. The zero-order valence-electron chi connectivity index (χ0n) is 18.9. The number of halogens is 4. The normalized spacial score (nSPS) is 17.4. The summed E-state index contributed by atoms with van der Waals surface area (Å²) in [5, 5.41) is 3.23. The first-order valence-corrected chi connectivity index (χ1v) is 11.9. The van der Waals surface area contributed by atoms with E-state index in [-0.39, 0.29) is 17.5 Å². The molecule has 1 aromatic carbocycles. The van der Waals surface area contributed by atoms with Crippen LogP contribution in [0, 0.1) is 0 Å². The number of nitrogen functional groups attached to an aromatic ring is 1. The zero-order valence-corrected chi connectivity index (χ0v) is 20.5. The molecule has 0 amide bonds. The van der Waals surface area contributed by atoms with Crippen LogP contribution in [-0.2, 0) is 25.8 Å². The summed E-state index contributed by atoms with van der Waals surface area (Å²) >= 11 is 7.79. The van der Waals surface area contributed by atoms with Crippen molar-refractivity contribution in [2.45, 2.75) is 39.7 Å². The Bertz CT molecular complexity index is 952. The molecule has 2 aliphatic rings. The number of hydrogen-bond donors (Lipinski definition) is 2. The Morgan fingerprint density at radius 3 is 2.42 bits per heavy atom. The summed E-state index contributed by atoms with van der Waals surface area (Å²) in [6.07, 6.45) is -4.45. The second kappa shape index (κ2) is 11.1. The number of aromatic nitrogens is 2. The van der Waals surface area contributed by atoms with Gasteiger partial charge in [-0.1, -0.05) is 13.8 Å². The van der Waals surface area contributed by atoms with Crippen LogP contribution in [0.1, 0.15) is 36.2 Å². The molecule has 0 saturated carbocycles. The van der Waals surface area contributed by atoms with Crippen LogP contribution in [0.25, 0.3) is 0 Å². The first-order valence-electron chi connectivity index (χ1n) is 10.8. The number of fused-ring (bicyclic) bond motifs is 1. The van der Waals surface area contributed by atoms with E-state index in [1.54, 1.807) is 12.1 Å². The Morgan fingerprint density at radius 1 is 1.06 bits per heavy atom. The van der Waals surface area contributed by atoms with Crippen LogP contribution in [-0.4, -0.2) is 56.7 Å². The van der Waals surface area contributed by atoms with Gasteiger partial charge in [-0.2, -0.15) is 13.2 Å². The highest BCUT2D eigenvalue weighted by Crippen LogP contribution is 2.35. The van der Waals surface area contributed by atoms with E-state index in [9.17, 15) is 13.2 Å². The summed E-state index contributed by atoms with van der Waals surface area (Å²) in [4.78, 5) is 10.9. The van der Waals surface area contributed by atoms with Crippen molar-refractivity contribution < 1.29 is 13.2 Å². The Balaban J connectivity index is 0.00000149. The molecule has 182 valence electrons. The van der Waals surface area contributed by atoms with Crippen molar-refractivity contribution in [3.05, 3.63) is 45.9 Å². The molecule has 1 aromatic heterocycles. The number of nitrogens with zero attached hydrogens (tertiary/aromatic N) is 5. The van der Waals surface area contributed by atoms with Crippen LogP contribution >= 0.6 is 23.7 Å². The van der Waals surface area contributed by atoms with E-state index < -0.39 is 11.7 Å². The number of hydrogen-bond acceptors (Lipinski definition) is 8. The lowest BCUT2D eigenvalue weighted by molar-refractivity contribution is -0.137. The summed E-state index contributed by atoms with van der Waals surface area (Å²) in [5.74, 6) is 0.535. The molecule has 7 nitrogen and oxygen atoms in total. The Kier molecular flexibility index (Phi) is 8.68. The smallest absolute Gasteiger partial charge is 0.399 e. The Morgan fingerprint density at radius 2 is 1.76 bits per heavy atom. The van der Waals surface area contributed by atoms with E-state index in [2.05, 4.69) is 35.8 Å². The third-order valence-corrected chi connectivity index (χ3v) is 6.48. The van der Waals surface area contributed by atoms with Crippen molar-refractivity contribution >= 4 is 35.2 Å². The van der Waals surface area contributed by atoms with Gasteiger partial charge in [0, 0.05) is 62.7 Å². The lowest BCUT2D eigenvalue weighted by atomic mass is 10.1. The maximum Gasteiger partial charge on any atom is 0.416 e. The van der Waals surface area contributed by atoms with E-state index in [1.165, 1.54) is 6.07 Å². The van der Waals surface area contributed by atoms with E-state index in [1.807, 2.05) is 13.8 Å². The number of rotatable bonds is 5. The Hall–Kier alpha value is -1.79. The Labute approximate surface area is 201 Å². The fourth-order valence-corrected chi connectivity index (χ4v) is 4.81. The maximum absolute atomic E-state index is 13.1. The number of nitrogens with two attached hydrogens (primary N) is 1. The van der Waals surface area contributed by atoms with E-state index in [0.717, 1.165) is 49.6 Å². The largest absolute Gasteiger partial charge is 0.416 e. The summed E-state index contributed by atoms with van der Waals surface area (Å²) in [7, 11) is 2.11. The minimum absolute atomic E-state index is 0.0623. The van der Waals surface area contributed by atoms with E-state index in [0.29, 0.717) is 24.5 Å². The van der Waals surface area contributed by atoms with Crippen LogP contribution in [0.15, 0.2) is 18.2 Å². The number of anilines is 2. The van der Waals surface area contributed by atoms with E-state index >= 15 is 0 Å². The number of piperazine rings is 1. The fraction of sp³-hybridized carbons (Fsp3) is 0.524. The van der Waals surface area contributed by atoms with Gasteiger partial charge in [0.15, 0.2) is 0 Å². The highest BCUT2D eigenvalue weighted by molar-refractivity contribution is 7.94. The lowest BCUT2D eigenvalue weighted by Crippen LogP contribution is -2.42. The summed E-state index contributed by atoms with van der Waals surface area (Å²) < 4.78 is 43.7. The van der Waals surface area contributed by atoms with E-state index in [4.69, 9.17) is 17.3 Å². The van der Waals surface area contributed by atoms with Crippen molar-refractivity contribution in [2.24, 2.45) is 0 Å². The number of benzene rings is 1. The predicted molar refractivity (Wildman–Crippen MR) is 127 cm³/mol. The third kappa shape index (κ3) is 6.86. The topological polar surface area (TPSA) is 73.5 Å². The fourth-order valence-electron chi connectivity index (χ4n) is 3.60. The summed E-state index contributed by atoms with van der Waals surface area (Å²) in [6.45, 7) is 9.37. The van der Waals surface area contributed by atoms with Gasteiger partial charge in [0.05, 0.1) is 17.8 Å². The summed E-state index contributed by atoms with van der Waals surface area (Å²) in [5.41, 5.74) is 7.10. The standard InChI is InChI=1S/C19H23ClF3N7S.C2H6/c1-28-2-4-29(5-3-28)31-30-10-15-16(11-30)26-18(20)27-17(15)25-9-12-6-13(19(21,22)23)8-14(24)7-12;1-2/h6-8H,2-5,9-11,24H2,1H3,(H,25,26,27);1-2H3.